The third-order valence-electron chi connectivity index (χ3n) is 3.37. The molecular weight excluding hydrogens is 214 g/mol. The molecule has 0 aromatic heterocycles. The lowest BCUT2D eigenvalue weighted by Gasteiger charge is -2.40. The molecule has 0 unspecified atom stereocenters. The lowest BCUT2D eigenvalue weighted by atomic mass is 9.78. The molecule has 0 atom stereocenters. The van der Waals surface area contributed by atoms with Crippen LogP contribution in [-0.4, -0.2) is 29.1 Å². The van der Waals surface area contributed by atoms with E-state index in [-0.39, 0.29) is 24.3 Å². The zero-order valence-electron chi connectivity index (χ0n) is 10.4. The Morgan fingerprint density at radius 1 is 1.41 bits per heavy atom. The van der Waals surface area contributed by atoms with Crippen molar-refractivity contribution in [3.05, 3.63) is 35.4 Å². The van der Waals surface area contributed by atoms with Crippen molar-refractivity contribution in [3.8, 4) is 0 Å². The number of hydrogen-bond donors (Lipinski definition) is 1. The second kappa shape index (κ2) is 4.49. The highest BCUT2D eigenvalue weighted by atomic mass is 16.3. The van der Waals surface area contributed by atoms with Gasteiger partial charge in [0, 0.05) is 24.9 Å². The molecule has 0 saturated heterocycles. The standard InChI is InChI=1S/C14H19NO2/c1-14(2)10-15(13(17)7-8-16)9-11-5-3-4-6-12(11)14/h3-6,16H,7-10H2,1-2H3. The monoisotopic (exact) mass is 233 g/mol. The van der Waals surface area contributed by atoms with Crippen LogP contribution in [0, 0.1) is 0 Å². The van der Waals surface area contributed by atoms with Crippen molar-refractivity contribution in [3.63, 3.8) is 0 Å². The quantitative estimate of drug-likeness (QED) is 0.844. The molecule has 17 heavy (non-hydrogen) atoms. The number of nitrogens with zero attached hydrogens (tertiary/aromatic N) is 1. The summed E-state index contributed by atoms with van der Waals surface area (Å²) in [7, 11) is 0. The summed E-state index contributed by atoms with van der Waals surface area (Å²) in [5, 5.41) is 8.85. The van der Waals surface area contributed by atoms with Crippen LogP contribution in [0.25, 0.3) is 0 Å². The SMILES string of the molecule is CC1(C)CN(C(=O)CCO)Cc2ccccc21. The largest absolute Gasteiger partial charge is 0.396 e. The number of carbonyl (C=O) groups is 1. The Kier molecular flexibility index (Phi) is 3.20. The third-order valence-corrected chi connectivity index (χ3v) is 3.37. The van der Waals surface area contributed by atoms with Crippen LogP contribution in [0.2, 0.25) is 0 Å². The van der Waals surface area contributed by atoms with E-state index in [1.165, 1.54) is 11.1 Å². The Morgan fingerprint density at radius 3 is 2.82 bits per heavy atom. The van der Waals surface area contributed by atoms with Gasteiger partial charge in [-0.25, -0.2) is 0 Å². The van der Waals surface area contributed by atoms with Crippen LogP contribution in [-0.2, 0) is 16.8 Å². The Hall–Kier alpha value is -1.35. The summed E-state index contributed by atoms with van der Waals surface area (Å²) < 4.78 is 0. The van der Waals surface area contributed by atoms with Crippen LogP contribution >= 0.6 is 0 Å². The zero-order chi connectivity index (χ0) is 12.5. The van der Waals surface area contributed by atoms with Crippen LogP contribution in [0.15, 0.2) is 24.3 Å². The van der Waals surface area contributed by atoms with Crippen molar-refractivity contribution in [2.75, 3.05) is 13.2 Å². The van der Waals surface area contributed by atoms with Gasteiger partial charge in [0.25, 0.3) is 0 Å². The van der Waals surface area contributed by atoms with Crippen LogP contribution < -0.4 is 0 Å². The van der Waals surface area contributed by atoms with Crippen molar-refractivity contribution in [2.45, 2.75) is 32.2 Å². The average molecular weight is 233 g/mol. The molecule has 3 heteroatoms. The molecule has 1 aliphatic heterocycles. The van der Waals surface area contributed by atoms with Crippen LogP contribution in [0.3, 0.4) is 0 Å². The summed E-state index contributed by atoms with van der Waals surface area (Å²) in [6, 6.07) is 8.28. The number of hydrogen-bond acceptors (Lipinski definition) is 2. The van der Waals surface area contributed by atoms with Crippen LogP contribution in [0.5, 0.6) is 0 Å². The summed E-state index contributed by atoms with van der Waals surface area (Å²) in [4.78, 5) is 13.7. The Morgan fingerprint density at radius 2 is 2.12 bits per heavy atom. The van der Waals surface area contributed by atoms with E-state index in [2.05, 4.69) is 26.0 Å². The highest BCUT2D eigenvalue weighted by Crippen LogP contribution is 2.33. The minimum atomic E-state index is -0.0720. The molecule has 1 aromatic carbocycles. The van der Waals surface area contributed by atoms with E-state index < -0.39 is 0 Å². The van der Waals surface area contributed by atoms with E-state index in [0.717, 1.165) is 6.54 Å². The molecule has 3 nitrogen and oxygen atoms in total. The first-order valence-corrected chi connectivity index (χ1v) is 6.01. The predicted molar refractivity (Wildman–Crippen MR) is 66.6 cm³/mol. The van der Waals surface area contributed by atoms with Gasteiger partial charge in [-0.15, -0.1) is 0 Å². The van der Waals surface area contributed by atoms with Crippen LogP contribution in [0.1, 0.15) is 31.4 Å². The molecule has 92 valence electrons. The zero-order valence-corrected chi connectivity index (χ0v) is 10.4. The highest BCUT2D eigenvalue weighted by molar-refractivity contribution is 5.76. The number of rotatable bonds is 2. The van der Waals surface area contributed by atoms with E-state index in [9.17, 15) is 4.79 Å². The minimum Gasteiger partial charge on any atom is -0.396 e. The maximum atomic E-state index is 11.9. The number of amides is 1. The normalized spacial score (nSPS) is 17.7. The molecular formula is C14H19NO2. The van der Waals surface area contributed by atoms with E-state index in [1.54, 1.807) is 0 Å². The van der Waals surface area contributed by atoms with Crippen LogP contribution in [0.4, 0.5) is 0 Å². The Bertz CT molecular complexity index is 426. The lowest BCUT2D eigenvalue weighted by Crippen LogP contribution is -2.45. The maximum Gasteiger partial charge on any atom is 0.225 e. The molecule has 1 N–H and O–H groups in total. The Balaban J connectivity index is 2.28. The fraction of sp³-hybridized carbons (Fsp3) is 0.500. The molecule has 1 amide bonds. The molecule has 0 spiro atoms. The molecule has 2 rings (SSSR count). The van der Waals surface area contributed by atoms with Gasteiger partial charge < -0.3 is 10.0 Å². The minimum absolute atomic E-state index is 0.0139. The van der Waals surface area contributed by atoms with Crippen molar-refractivity contribution in [2.24, 2.45) is 0 Å². The summed E-state index contributed by atoms with van der Waals surface area (Å²) in [5.41, 5.74) is 2.53. The van der Waals surface area contributed by atoms with Gasteiger partial charge >= 0.3 is 0 Å². The fourth-order valence-corrected chi connectivity index (χ4v) is 2.57. The molecule has 0 saturated carbocycles. The highest BCUT2D eigenvalue weighted by Gasteiger charge is 2.32. The second-order valence-electron chi connectivity index (χ2n) is 5.26. The third kappa shape index (κ3) is 2.34. The van der Waals surface area contributed by atoms with E-state index >= 15 is 0 Å². The summed E-state index contributed by atoms with van der Waals surface area (Å²) in [6.07, 6.45) is 0.220. The van der Waals surface area contributed by atoms with Gasteiger partial charge in [0.1, 0.15) is 0 Å². The first-order valence-electron chi connectivity index (χ1n) is 6.01. The van der Waals surface area contributed by atoms with Gasteiger partial charge in [0.15, 0.2) is 0 Å². The summed E-state index contributed by atoms with van der Waals surface area (Å²) in [5.74, 6) is 0.0371. The van der Waals surface area contributed by atoms with Gasteiger partial charge in [-0.1, -0.05) is 38.1 Å². The fourth-order valence-electron chi connectivity index (χ4n) is 2.57. The van der Waals surface area contributed by atoms with Gasteiger partial charge in [0.05, 0.1) is 6.61 Å². The van der Waals surface area contributed by atoms with Gasteiger partial charge in [-0.2, -0.15) is 0 Å². The van der Waals surface area contributed by atoms with E-state index in [4.69, 9.17) is 5.11 Å². The molecule has 0 aliphatic carbocycles. The molecule has 1 heterocycles. The van der Waals surface area contributed by atoms with E-state index in [1.807, 2.05) is 17.0 Å². The Labute approximate surface area is 102 Å². The summed E-state index contributed by atoms with van der Waals surface area (Å²) in [6.45, 7) is 5.63. The molecule has 0 bridgehead atoms. The number of aliphatic hydroxyl groups is 1. The molecule has 0 radical (unpaired) electrons. The van der Waals surface area contributed by atoms with Gasteiger partial charge in [0.2, 0.25) is 5.91 Å². The van der Waals surface area contributed by atoms with Crippen molar-refractivity contribution >= 4 is 5.91 Å². The van der Waals surface area contributed by atoms with Gasteiger partial charge in [-0.3, -0.25) is 4.79 Å². The number of benzene rings is 1. The molecule has 1 aliphatic rings. The van der Waals surface area contributed by atoms with Crippen molar-refractivity contribution < 1.29 is 9.90 Å². The summed E-state index contributed by atoms with van der Waals surface area (Å²) >= 11 is 0. The molecule has 0 fully saturated rings. The maximum absolute atomic E-state index is 11.9. The molecule has 1 aromatic rings. The smallest absolute Gasteiger partial charge is 0.225 e. The van der Waals surface area contributed by atoms with E-state index in [0.29, 0.717) is 6.54 Å². The first kappa shape index (κ1) is 12.1. The van der Waals surface area contributed by atoms with Crippen molar-refractivity contribution in [1.82, 2.24) is 4.90 Å². The second-order valence-corrected chi connectivity index (χ2v) is 5.26. The topological polar surface area (TPSA) is 40.5 Å². The van der Waals surface area contributed by atoms with Crippen molar-refractivity contribution in [1.29, 1.82) is 0 Å². The number of carbonyl (C=O) groups excluding carboxylic acids is 1. The first-order chi connectivity index (χ1) is 8.04. The predicted octanol–water partition coefficient (Wildman–Crippen LogP) is 1.69. The lowest BCUT2D eigenvalue weighted by molar-refractivity contribution is -0.133. The number of aliphatic hydroxyl groups excluding tert-OH is 1. The van der Waals surface area contributed by atoms with Gasteiger partial charge in [-0.05, 0) is 11.1 Å². The number of fused-ring (bicyclic) bond motifs is 1. The average Bonchev–Trinajstić information content (AvgIpc) is 2.28.